The molecule has 27 heavy (non-hydrogen) atoms. The van der Waals surface area contributed by atoms with Gasteiger partial charge < -0.3 is 24.8 Å². The van der Waals surface area contributed by atoms with E-state index in [1.54, 1.807) is 40.4 Å². The van der Waals surface area contributed by atoms with Crippen LogP contribution in [0.5, 0.6) is 17.2 Å². The molecule has 0 saturated carbocycles. The summed E-state index contributed by atoms with van der Waals surface area (Å²) in [6, 6.07) is 7.19. The van der Waals surface area contributed by atoms with E-state index in [0.717, 1.165) is 16.8 Å². The number of ether oxygens (including phenoxy) is 3. The number of hydrogen-bond acceptors (Lipinski definition) is 5. The van der Waals surface area contributed by atoms with Crippen LogP contribution in [0.3, 0.4) is 0 Å². The first-order valence-electron chi connectivity index (χ1n) is 8.76. The summed E-state index contributed by atoms with van der Waals surface area (Å²) in [5.41, 5.74) is 4.81. The predicted octanol–water partition coefficient (Wildman–Crippen LogP) is 4.08. The Labute approximate surface area is 160 Å². The average Bonchev–Trinajstić information content (AvgIpc) is 2.63. The van der Waals surface area contributed by atoms with E-state index in [9.17, 15) is 4.79 Å². The van der Waals surface area contributed by atoms with Crippen LogP contribution in [0.15, 0.2) is 24.3 Å². The number of amides is 1. The molecule has 0 fully saturated rings. The third-order valence-electron chi connectivity index (χ3n) is 4.37. The van der Waals surface area contributed by atoms with Gasteiger partial charge in [0.2, 0.25) is 11.7 Å². The molecule has 2 rings (SSSR count). The van der Waals surface area contributed by atoms with Crippen LogP contribution in [0.1, 0.15) is 23.6 Å². The van der Waals surface area contributed by atoms with Crippen molar-refractivity contribution in [2.75, 3.05) is 32.0 Å². The summed E-state index contributed by atoms with van der Waals surface area (Å²) < 4.78 is 16.0. The van der Waals surface area contributed by atoms with E-state index < -0.39 is 6.04 Å². The molecule has 1 amide bonds. The van der Waals surface area contributed by atoms with E-state index in [1.807, 2.05) is 20.8 Å². The topological polar surface area (TPSA) is 68.8 Å². The number of aryl methyl sites for hydroxylation is 3. The van der Waals surface area contributed by atoms with Gasteiger partial charge in [-0.05, 0) is 38.8 Å². The lowest BCUT2D eigenvalue weighted by atomic mass is 10.0. The Morgan fingerprint density at radius 2 is 1.41 bits per heavy atom. The number of carbonyl (C=O) groups excluding carboxylic acids is 1. The minimum atomic E-state index is -0.465. The number of hydrogen-bond donors (Lipinski definition) is 2. The van der Waals surface area contributed by atoms with Crippen LogP contribution < -0.4 is 24.8 Å². The Balaban J connectivity index is 2.19. The summed E-state index contributed by atoms with van der Waals surface area (Å²) in [4.78, 5) is 12.7. The molecule has 6 nitrogen and oxygen atoms in total. The minimum Gasteiger partial charge on any atom is -0.493 e. The highest BCUT2D eigenvalue weighted by atomic mass is 16.5. The second-order valence-electron chi connectivity index (χ2n) is 6.54. The van der Waals surface area contributed by atoms with Crippen LogP contribution in [0.2, 0.25) is 0 Å². The third kappa shape index (κ3) is 4.64. The maximum Gasteiger partial charge on any atom is 0.246 e. The molecule has 6 heteroatoms. The van der Waals surface area contributed by atoms with Gasteiger partial charge in [-0.1, -0.05) is 17.7 Å². The normalized spacial score (nSPS) is 11.5. The maximum absolute atomic E-state index is 12.7. The van der Waals surface area contributed by atoms with Crippen LogP contribution in [0.25, 0.3) is 0 Å². The smallest absolute Gasteiger partial charge is 0.246 e. The summed E-state index contributed by atoms with van der Waals surface area (Å²) in [6.07, 6.45) is 0. The lowest BCUT2D eigenvalue weighted by Gasteiger charge is -2.20. The fourth-order valence-corrected chi connectivity index (χ4v) is 3.09. The molecule has 0 heterocycles. The molecule has 0 bridgehead atoms. The van der Waals surface area contributed by atoms with Crippen molar-refractivity contribution in [2.45, 2.75) is 33.7 Å². The van der Waals surface area contributed by atoms with Crippen molar-refractivity contribution in [3.8, 4) is 17.2 Å². The Bertz CT molecular complexity index is 785. The zero-order chi connectivity index (χ0) is 20.1. The van der Waals surface area contributed by atoms with Gasteiger partial charge in [0, 0.05) is 23.5 Å². The SMILES string of the molecule is COc1cc(N[C@H](C)C(=O)Nc2c(C)cc(C)cc2C)cc(OC)c1OC. The third-order valence-corrected chi connectivity index (χ3v) is 4.37. The molecule has 0 unspecified atom stereocenters. The lowest BCUT2D eigenvalue weighted by Crippen LogP contribution is -2.32. The van der Waals surface area contributed by atoms with Gasteiger partial charge in [-0.25, -0.2) is 0 Å². The van der Waals surface area contributed by atoms with Crippen LogP contribution in [0.4, 0.5) is 11.4 Å². The highest BCUT2D eigenvalue weighted by molar-refractivity contribution is 5.97. The van der Waals surface area contributed by atoms with Gasteiger partial charge in [-0.15, -0.1) is 0 Å². The Morgan fingerprint density at radius 1 is 0.889 bits per heavy atom. The van der Waals surface area contributed by atoms with Gasteiger partial charge in [0.15, 0.2) is 11.5 Å². The molecular formula is C21H28N2O4. The first-order chi connectivity index (χ1) is 12.8. The first-order valence-corrected chi connectivity index (χ1v) is 8.76. The van der Waals surface area contributed by atoms with Gasteiger partial charge in [0.1, 0.15) is 6.04 Å². The molecule has 2 aromatic carbocycles. The zero-order valence-electron chi connectivity index (χ0n) is 17.0. The number of rotatable bonds is 7. The largest absolute Gasteiger partial charge is 0.493 e. The average molecular weight is 372 g/mol. The molecular weight excluding hydrogens is 344 g/mol. The van der Waals surface area contributed by atoms with Crippen LogP contribution in [0, 0.1) is 20.8 Å². The number of anilines is 2. The maximum atomic E-state index is 12.7. The van der Waals surface area contributed by atoms with Crippen molar-refractivity contribution < 1.29 is 19.0 Å². The van der Waals surface area contributed by atoms with Crippen molar-refractivity contribution in [3.05, 3.63) is 41.0 Å². The van der Waals surface area contributed by atoms with Crippen molar-refractivity contribution >= 4 is 17.3 Å². The number of benzene rings is 2. The van der Waals surface area contributed by atoms with E-state index >= 15 is 0 Å². The molecule has 2 aromatic rings. The van der Waals surface area contributed by atoms with Crippen molar-refractivity contribution in [1.29, 1.82) is 0 Å². The van der Waals surface area contributed by atoms with E-state index in [0.29, 0.717) is 22.9 Å². The van der Waals surface area contributed by atoms with Crippen molar-refractivity contribution in [2.24, 2.45) is 0 Å². The van der Waals surface area contributed by atoms with Gasteiger partial charge in [-0.3, -0.25) is 4.79 Å². The summed E-state index contributed by atoms with van der Waals surface area (Å²) in [5.74, 6) is 1.43. The molecule has 1 atom stereocenters. The number of carbonyl (C=O) groups is 1. The van der Waals surface area contributed by atoms with Gasteiger partial charge in [0.05, 0.1) is 21.3 Å². The standard InChI is InChI=1S/C21H28N2O4/c1-12-8-13(2)19(14(3)9-12)23-21(24)15(4)22-16-10-17(25-5)20(27-7)18(11-16)26-6/h8-11,15,22H,1-7H3,(H,23,24)/t15-/m1/s1. The highest BCUT2D eigenvalue weighted by Crippen LogP contribution is 2.40. The second kappa shape index (κ2) is 8.66. The predicted molar refractivity (Wildman–Crippen MR) is 108 cm³/mol. The zero-order valence-corrected chi connectivity index (χ0v) is 17.0. The number of methoxy groups -OCH3 is 3. The van der Waals surface area contributed by atoms with Crippen molar-refractivity contribution in [3.63, 3.8) is 0 Å². The van der Waals surface area contributed by atoms with E-state index in [2.05, 4.69) is 22.8 Å². The molecule has 0 radical (unpaired) electrons. The van der Waals surface area contributed by atoms with E-state index in [4.69, 9.17) is 14.2 Å². The Kier molecular flexibility index (Phi) is 6.55. The summed E-state index contributed by atoms with van der Waals surface area (Å²) in [5, 5.41) is 6.20. The quantitative estimate of drug-likeness (QED) is 0.767. The molecule has 2 N–H and O–H groups in total. The van der Waals surface area contributed by atoms with E-state index in [-0.39, 0.29) is 5.91 Å². The van der Waals surface area contributed by atoms with Crippen LogP contribution >= 0.6 is 0 Å². The lowest BCUT2D eigenvalue weighted by molar-refractivity contribution is -0.116. The fourth-order valence-electron chi connectivity index (χ4n) is 3.09. The number of nitrogens with one attached hydrogen (secondary N) is 2. The van der Waals surface area contributed by atoms with Gasteiger partial charge >= 0.3 is 0 Å². The molecule has 0 aliphatic heterocycles. The summed E-state index contributed by atoms with van der Waals surface area (Å²) >= 11 is 0. The minimum absolute atomic E-state index is 0.126. The first kappa shape index (κ1) is 20.4. The van der Waals surface area contributed by atoms with Crippen molar-refractivity contribution in [1.82, 2.24) is 0 Å². The fraction of sp³-hybridized carbons (Fsp3) is 0.381. The molecule has 146 valence electrons. The van der Waals surface area contributed by atoms with Gasteiger partial charge in [-0.2, -0.15) is 0 Å². The van der Waals surface area contributed by atoms with Gasteiger partial charge in [0.25, 0.3) is 0 Å². The molecule has 0 aliphatic carbocycles. The molecule has 0 aromatic heterocycles. The van der Waals surface area contributed by atoms with E-state index in [1.165, 1.54) is 5.56 Å². The Morgan fingerprint density at radius 3 is 1.85 bits per heavy atom. The monoisotopic (exact) mass is 372 g/mol. The summed E-state index contributed by atoms with van der Waals surface area (Å²) in [6.45, 7) is 7.83. The van der Waals surface area contributed by atoms with Crippen LogP contribution in [-0.4, -0.2) is 33.3 Å². The summed E-state index contributed by atoms with van der Waals surface area (Å²) in [7, 11) is 4.66. The molecule has 0 saturated heterocycles. The van der Waals surface area contributed by atoms with Crippen LogP contribution in [-0.2, 0) is 4.79 Å². The molecule has 0 aliphatic rings. The Hall–Kier alpha value is -2.89. The molecule has 0 spiro atoms. The second-order valence-corrected chi connectivity index (χ2v) is 6.54. The highest BCUT2D eigenvalue weighted by Gasteiger charge is 2.18.